The number of fused-ring (bicyclic) bond motifs is 2. The van der Waals surface area contributed by atoms with Crippen LogP contribution in [0.25, 0.3) is 10.2 Å². The number of carbonyl (C=O) groups excluding carboxylic acids is 2. The summed E-state index contributed by atoms with van der Waals surface area (Å²) in [4.78, 5) is 42.4. The summed E-state index contributed by atoms with van der Waals surface area (Å²) in [7, 11) is 0. The molecule has 10 nitrogen and oxygen atoms in total. The van der Waals surface area contributed by atoms with Gasteiger partial charge >= 0.3 is 5.97 Å². The van der Waals surface area contributed by atoms with Crippen LogP contribution in [0.3, 0.4) is 0 Å². The zero-order valence-corrected chi connectivity index (χ0v) is 18.0. The number of hydrogen-bond donors (Lipinski definition) is 4. The summed E-state index contributed by atoms with van der Waals surface area (Å²) in [6, 6.07) is 3.39. The molecule has 3 atom stereocenters. The van der Waals surface area contributed by atoms with Gasteiger partial charge in [-0.15, -0.1) is 11.8 Å². The van der Waals surface area contributed by atoms with E-state index in [1.807, 2.05) is 0 Å². The van der Waals surface area contributed by atoms with Crippen LogP contribution in [0.2, 0.25) is 0 Å². The fourth-order valence-corrected chi connectivity index (χ4v) is 5.62. The maximum atomic E-state index is 12.7. The van der Waals surface area contributed by atoms with Gasteiger partial charge in [0, 0.05) is 5.75 Å². The van der Waals surface area contributed by atoms with Crippen molar-refractivity contribution in [2.75, 3.05) is 11.5 Å². The second-order valence-electron chi connectivity index (χ2n) is 6.83. The highest BCUT2D eigenvalue weighted by molar-refractivity contribution is 8.00. The second kappa shape index (κ2) is 8.67. The first-order chi connectivity index (χ1) is 14.3. The Kier molecular flexibility index (Phi) is 6.36. The highest BCUT2D eigenvalue weighted by atomic mass is 32.2. The molecule has 2 aliphatic rings. The summed E-state index contributed by atoms with van der Waals surface area (Å²) in [5, 5.41) is 12.2. The fraction of sp³-hybridized carbons (Fsp3) is 0.263. The quantitative estimate of drug-likeness (QED) is 0.458. The lowest BCUT2D eigenvalue weighted by Crippen LogP contribution is -2.71. The van der Waals surface area contributed by atoms with Gasteiger partial charge in [-0.25, -0.2) is 9.78 Å². The largest absolute Gasteiger partial charge is 0.477 e. The minimum absolute atomic E-state index is 0. The van der Waals surface area contributed by atoms with Gasteiger partial charge in [0.25, 0.3) is 5.91 Å². The van der Waals surface area contributed by atoms with Crippen molar-refractivity contribution in [3.63, 3.8) is 0 Å². The van der Waals surface area contributed by atoms with Gasteiger partial charge in [-0.3, -0.25) is 14.5 Å². The Morgan fingerprint density at radius 3 is 2.84 bits per heavy atom. The van der Waals surface area contributed by atoms with Gasteiger partial charge in [-0.2, -0.15) is 0 Å². The van der Waals surface area contributed by atoms with Gasteiger partial charge in [-0.1, -0.05) is 29.6 Å². The van der Waals surface area contributed by atoms with E-state index in [2.05, 4.69) is 10.3 Å². The Bertz CT molecular complexity index is 1130. The average Bonchev–Trinajstić information content (AvgIpc) is 3.09. The Hall–Kier alpha value is -2.93. The molecule has 3 heterocycles. The minimum Gasteiger partial charge on any atom is -0.477 e. The lowest BCUT2D eigenvalue weighted by Gasteiger charge is -2.49. The van der Waals surface area contributed by atoms with Gasteiger partial charge in [0.2, 0.25) is 5.91 Å². The van der Waals surface area contributed by atoms with Crippen molar-refractivity contribution in [2.45, 2.75) is 24.4 Å². The number of thioether (sulfide) groups is 1. The smallest absolute Gasteiger partial charge is 0.352 e. The number of thiazole rings is 1. The molecule has 4 rings (SSSR count). The molecule has 1 fully saturated rings. The number of carboxylic acids is 1. The maximum Gasteiger partial charge on any atom is 0.352 e. The van der Waals surface area contributed by atoms with Crippen LogP contribution in [0.1, 0.15) is 18.5 Å². The fourth-order valence-electron chi connectivity index (χ4n) is 3.52. The topological polar surface area (TPSA) is 183 Å². The molecule has 0 spiro atoms. The molecule has 8 N–H and O–H groups in total. The first-order valence-corrected chi connectivity index (χ1v) is 10.9. The third-order valence-electron chi connectivity index (χ3n) is 4.94. The summed E-state index contributed by atoms with van der Waals surface area (Å²) < 4.78 is 0.815. The molecule has 1 aromatic carbocycles. The molecule has 0 unspecified atom stereocenters. The molecule has 2 aromatic rings. The number of rotatable bonds is 5. The molecule has 0 radical (unpaired) electrons. The van der Waals surface area contributed by atoms with Crippen LogP contribution in [0.4, 0.5) is 5.13 Å². The van der Waals surface area contributed by atoms with Gasteiger partial charge in [0.15, 0.2) is 5.13 Å². The van der Waals surface area contributed by atoms with Gasteiger partial charge < -0.3 is 27.4 Å². The number of carbonyl (C=O) groups is 3. The van der Waals surface area contributed by atoms with Crippen LogP contribution in [-0.4, -0.2) is 55.4 Å². The van der Waals surface area contributed by atoms with Crippen LogP contribution in [0.5, 0.6) is 0 Å². The summed E-state index contributed by atoms with van der Waals surface area (Å²) in [6.07, 6.45) is 3.42. The number of allylic oxidation sites excluding steroid dienone is 2. The predicted octanol–water partition coefficient (Wildman–Crippen LogP) is 0.368. The number of β-lactam (4-membered cyclic amide) rings is 1. The third-order valence-corrected chi connectivity index (χ3v) is 7.09. The van der Waals surface area contributed by atoms with E-state index in [1.165, 1.54) is 28.0 Å². The molecule has 0 aliphatic carbocycles. The van der Waals surface area contributed by atoms with Crippen LogP contribution in [-0.2, 0) is 14.4 Å². The zero-order valence-electron chi connectivity index (χ0n) is 16.4. The van der Waals surface area contributed by atoms with E-state index in [0.29, 0.717) is 22.0 Å². The van der Waals surface area contributed by atoms with Crippen molar-refractivity contribution in [2.24, 2.45) is 5.73 Å². The molecule has 0 bridgehead atoms. The number of amides is 2. The SMILES string of the molecule is C/C=C/C1=C(C(=O)O)N2C(=O)[C@@H](NC(=O)[C@H](N)c3ccc4nc(N)sc4c3)[C@H]2SC1.O. The zero-order chi connectivity index (χ0) is 21.6. The van der Waals surface area contributed by atoms with Crippen LogP contribution < -0.4 is 16.8 Å². The van der Waals surface area contributed by atoms with Crippen LogP contribution in [0, 0.1) is 0 Å². The third kappa shape index (κ3) is 3.90. The van der Waals surface area contributed by atoms with Gasteiger partial charge in [0.1, 0.15) is 23.2 Å². The molecule has 1 aromatic heterocycles. The van der Waals surface area contributed by atoms with Gasteiger partial charge in [0.05, 0.1) is 10.2 Å². The molecular formula is C19H21N5O5S2. The number of aromatic nitrogens is 1. The lowest BCUT2D eigenvalue weighted by atomic mass is 10.0. The standard InChI is InChI=1S/C19H19N5O4S2.H2O/c1-2-3-9-7-29-17-13(16(26)24(17)14(9)18(27)28)23-15(25)12(20)8-4-5-10-11(6-8)30-19(21)22-10;/h2-6,12-13,17H,7,20H2,1H3,(H2,21,22)(H,23,25)(H,27,28);1H2/b3-2+;/t12-,13-,17-;/m1./s1. The number of carboxylic acid groups (broad SMARTS) is 1. The van der Waals surface area contributed by atoms with Crippen molar-refractivity contribution in [1.29, 1.82) is 0 Å². The van der Waals surface area contributed by atoms with E-state index >= 15 is 0 Å². The van der Waals surface area contributed by atoms with Crippen molar-refractivity contribution in [3.05, 3.63) is 47.2 Å². The van der Waals surface area contributed by atoms with Crippen molar-refractivity contribution >= 4 is 56.2 Å². The van der Waals surface area contributed by atoms with Gasteiger partial charge in [-0.05, 0) is 30.2 Å². The number of benzene rings is 1. The Balaban J connectivity index is 0.00000272. The molecule has 164 valence electrons. The monoisotopic (exact) mass is 463 g/mol. The predicted molar refractivity (Wildman–Crippen MR) is 119 cm³/mol. The summed E-state index contributed by atoms with van der Waals surface area (Å²) in [5.41, 5.74) is 13.6. The van der Waals surface area contributed by atoms with E-state index in [-0.39, 0.29) is 11.2 Å². The number of aliphatic carboxylic acids is 1. The number of nitrogens with one attached hydrogen (secondary N) is 1. The molecule has 1 saturated heterocycles. The Morgan fingerprint density at radius 1 is 1.42 bits per heavy atom. The summed E-state index contributed by atoms with van der Waals surface area (Å²) in [5.74, 6) is -1.70. The second-order valence-corrected chi connectivity index (χ2v) is 9.00. The van der Waals surface area contributed by atoms with Crippen molar-refractivity contribution < 1.29 is 25.0 Å². The molecule has 2 amide bonds. The highest BCUT2D eigenvalue weighted by Crippen LogP contribution is 2.40. The van der Waals surface area contributed by atoms with Crippen LogP contribution >= 0.6 is 23.1 Å². The van der Waals surface area contributed by atoms with E-state index in [1.54, 1.807) is 37.3 Å². The molecule has 31 heavy (non-hydrogen) atoms. The minimum atomic E-state index is -1.17. The first kappa shape index (κ1) is 22.7. The first-order valence-electron chi connectivity index (χ1n) is 9.07. The number of nitrogens with zero attached hydrogens (tertiary/aromatic N) is 2. The molecule has 12 heteroatoms. The van der Waals surface area contributed by atoms with E-state index in [0.717, 1.165) is 10.2 Å². The molecular weight excluding hydrogens is 442 g/mol. The average molecular weight is 464 g/mol. The summed E-state index contributed by atoms with van der Waals surface area (Å²) >= 11 is 2.70. The number of hydrogen-bond acceptors (Lipinski definition) is 8. The Labute approximate surface area is 185 Å². The lowest BCUT2D eigenvalue weighted by molar-refractivity contribution is -0.150. The molecule has 0 saturated carbocycles. The summed E-state index contributed by atoms with van der Waals surface area (Å²) in [6.45, 7) is 1.78. The number of nitrogen functional groups attached to an aromatic ring is 1. The van der Waals surface area contributed by atoms with E-state index < -0.39 is 35.2 Å². The highest BCUT2D eigenvalue weighted by Gasteiger charge is 2.54. The van der Waals surface area contributed by atoms with Crippen LogP contribution in [0.15, 0.2) is 41.6 Å². The van der Waals surface area contributed by atoms with E-state index in [9.17, 15) is 19.5 Å². The Morgan fingerprint density at radius 2 is 2.16 bits per heavy atom. The van der Waals surface area contributed by atoms with E-state index in [4.69, 9.17) is 11.5 Å². The normalized spacial score (nSPS) is 21.5. The molecule has 2 aliphatic heterocycles. The number of nitrogens with two attached hydrogens (primary N) is 2. The maximum absolute atomic E-state index is 12.7. The number of anilines is 1. The van der Waals surface area contributed by atoms with Crippen molar-refractivity contribution in [1.82, 2.24) is 15.2 Å². The van der Waals surface area contributed by atoms with Crippen molar-refractivity contribution in [3.8, 4) is 0 Å².